The molecule has 0 aromatic heterocycles. The molecule has 2 N–H and O–H groups in total. The van der Waals surface area contributed by atoms with Crippen molar-refractivity contribution in [3.05, 3.63) is 24.3 Å². The van der Waals surface area contributed by atoms with E-state index < -0.39 is 10.8 Å². The molecule has 1 aromatic carbocycles. The Labute approximate surface area is 122 Å². The second-order valence-corrected chi connectivity index (χ2v) is 6.35. The highest BCUT2D eigenvalue weighted by atomic mass is 32.2. The van der Waals surface area contributed by atoms with Crippen molar-refractivity contribution in [3.8, 4) is 6.19 Å². The van der Waals surface area contributed by atoms with Gasteiger partial charge in [-0.3, -0.25) is 9.53 Å². The van der Waals surface area contributed by atoms with E-state index in [0.717, 1.165) is 17.0 Å². The number of nitrogens with zero attached hydrogens (tertiary/aromatic N) is 2. The minimum atomic E-state index is -1.04. The number of benzene rings is 1. The van der Waals surface area contributed by atoms with Gasteiger partial charge in [0.25, 0.3) is 0 Å². The predicted octanol–water partition coefficient (Wildman–Crippen LogP) is 2.45. The summed E-state index contributed by atoms with van der Waals surface area (Å²) in [5.41, 5.74) is 0.475. The number of guanidine groups is 1. The summed E-state index contributed by atoms with van der Waals surface area (Å²) in [6.07, 6.45) is 4.35. The van der Waals surface area contributed by atoms with Crippen LogP contribution in [0.1, 0.15) is 27.2 Å². The van der Waals surface area contributed by atoms with Gasteiger partial charge in [0.1, 0.15) is 0 Å². The normalized spacial score (nSPS) is 13.4. The summed E-state index contributed by atoms with van der Waals surface area (Å²) in [5.74, 6) is 0.387. The van der Waals surface area contributed by atoms with Crippen LogP contribution < -0.4 is 10.6 Å². The van der Waals surface area contributed by atoms with Crippen molar-refractivity contribution < 1.29 is 4.21 Å². The average Bonchev–Trinajstić information content (AvgIpc) is 2.39. The van der Waals surface area contributed by atoms with Crippen molar-refractivity contribution in [1.29, 1.82) is 5.26 Å². The van der Waals surface area contributed by atoms with Gasteiger partial charge in [-0.05, 0) is 38.5 Å². The Bertz CT molecular complexity index is 561. The van der Waals surface area contributed by atoms with Crippen LogP contribution in [0.2, 0.25) is 0 Å². The molecule has 0 spiro atoms. The summed E-state index contributed by atoms with van der Waals surface area (Å²) in [5, 5.41) is 14.4. The van der Waals surface area contributed by atoms with E-state index in [2.05, 4.69) is 15.6 Å². The number of nitrogens with one attached hydrogen (secondary N) is 2. The topological polar surface area (TPSA) is 77.3 Å². The van der Waals surface area contributed by atoms with Gasteiger partial charge in [-0.1, -0.05) is 13.0 Å². The second-order valence-electron chi connectivity index (χ2n) is 4.97. The van der Waals surface area contributed by atoms with Crippen LogP contribution in [0, 0.1) is 11.5 Å². The first kappa shape index (κ1) is 16.2. The summed E-state index contributed by atoms with van der Waals surface area (Å²) < 4.78 is 11.5. The monoisotopic (exact) mass is 292 g/mol. The third-order valence-corrected chi connectivity index (χ3v) is 3.80. The molecule has 0 heterocycles. The number of anilines is 1. The van der Waals surface area contributed by atoms with Gasteiger partial charge in [-0.15, -0.1) is 0 Å². The van der Waals surface area contributed by atoms with Gasteiger partial charge in [-0.2, -0.15) is 5.26 Å². The zero-order valence-electron chi connectivity index (χ0n) is 12.2. The van der Waals surface area contributed by atoms with Crippen LogP contribution in [-0.4, -0.2) is 22.0 Å². The standard InChI is InChI=1S/C14H20N4OS/c1-5-14(2,3)18-13(16-10-15)17-11-7-6-8-12(9-11)20(4)19/h6-9H,5H2,1-4H3,(H2,16,17,18). The molecule has 1 atom stereocenters. The van der Waals surface area contributed by atoms with Gasteiger partial charge in [-0.25, -0.2) is 4.99 Å². The molecule has 1 rings (SSSR count). The Kier molecular flexibility index (Phi) is 5.71. The highest BCUT2D eigenvalue weighted by Crippen LogP contribution is 2.16. The molecule has 6 heteroatoms. The van der Waals surface area contributed by atoms with Crippen molar-refractivity contribution in [1.82, 2.24) is 5.32 Å². The Morgan fingerprint density at radius 3 is 2.75 bits per heavy atom. The molecule has 20 heavy (non-hydrogen) atoms. The zero-order chi connectivity index (χ0) is 15.2. The van der Waals surface area contributed by atoms with E-state index in [0.29, 0.717) is 5.96 Å². The largest absolute Gasteiger partial charge is 0.325 e. The molecule has 0 aliphatic carbocycles. The lowest BCUT2D eigenvalue weighted by Crippen LogP contribution is -2.31. The number of hydrogen-bond donors (Lipinski definition) is 2. The highest BCUT2D eigenvalue weighted by Gasteiger charge is 2.14. The molecular formula is C14H20N4OS. The van der Waals surface area contributed by atoms with Crippen LogP contribution in [0.25, 0.3) is 0 Å². The maximum absolute atomic E-state index is 11.5. The third kappa shape index (κ3) is 5.02. The molecule has 0 bridgehead atoms. The minimum absolute atomic E-state index is 0.266. The Morgan fingerprint density at radius 2 is 2.20 bits per heavy atom. The molecule has 0 amide bonds. The first-order valence-corrected chi connectivity index (χ1v) is 7.89. The molecular weight excluding hydrogens is 272 g/mol. The maximum Gasteiger partial charge on any atom is 0.209 e. The fraction of sp³-hybridized carbons (Fsp3) is 0.429. The van der Waals surface area contributed by atoms with Crippen molar-refractivity contribution in [2.75, 3.05) is 11.6 Å². The Morgan fingerprint density at radius 1 is 1.50 bits per heavy atom. The quantitative estimate of drug-likeness (QED) is 0.387. The molecule has 5 nitrogen and oxygen atoms in total. The summed E-state index contributed by atoms with van der Waals surface area (Å²) in [4.78, 5) is 5.21. The molecule has 0 radical (unpaired) electrons. The molecule has 0 fully saturated rings. The van der Waals surface area contributed by atoms with E-state index in [1.54, 1.807) is 18.4 Å². The molecule has 0 aliphatic rings. The third-order valence-electron chi connectivity index (χ3n) is 2.88. The molecule has 0 saturated carbocycles. The second kappa shape index (κ2) is 7.06. The van der Waals surface area contributed by atoms with E-state index >= 15 is 0 Å². The van der Waals surface area contributed by atoms with Crippen LogP contribution >= 0.6 is 0 Å². The van der Waals surface area contributed by atoms with E-state index in [1.807, 2.05) is 39.1 Å². The van der Waals surface area contributed by atoms with Gasteiger partial charge in [0.15, 0.2) is 6.19 Å². The number of nitriles is 1. The smallest absolute Gasteiger partial charge is 0.209 e. The fourth-order valence-corrected chi connectivity index (χ4v) is 1.97. The van der Waals surface area contributed by atoms with Crippen LogP contribution in [-0.2, 0) is 10.8 Å². The summed E-state index contributed by atoms with van der Waals surface area (Å²) in [6.45, 7) is 6.02. The summed E-state index contributed by atoms with van der Waals surface area (Å²) in [7, 11) is -1.04. The molecule has 0 saturated heterocycles. The van der Waals surface area contributed by atoms with E-state index in [-0.39, 0.29) is 5.54 Å². The summed E-state index contributed by atoms with van der Waals surface area (Å²) in [6, 6.07) is 7.23. The van der Waals surface area contributed by atoms with Crippen molar-refractivity contribution in [2.45, 2.75) is 37.6 Å². The van der Waals surface area contributed by atoms with Crippen molar-refractivity contribution in [3.63, 3.8) is 0 Å². The van der Waals surface area contributed by atoms with E-state index in [4.69, 9.17) is 5.26 Å². The highest BCUT2D eigenvalue weighted by molar-refractivity contribution is 7.84. The van der Waals surface area contributed by atoms with E-state index in [1.165, 1.54) is 0 Å². The van der Waals surface area contributed by atoms with Gasteiger partial charge in [0.05, 0.1) is 5.54 Å². The number of aliphatic imine (C=N–C) groups is 1. The number of hydrogen-bond acceptors (Lipinski definition) is 3. The summed E-state index contributed by atoms with van der Waals surface area (Å²) >= 11 is 0. The lowest BCUT2D eigenvalue weighted by Gasteiger charge is -2.19. The minimum Gasteiger partial charge on any atom is -0.325 e. The molecule has 0 aliphatic heterocycles. The van der Waals surface area contributed by atoms with Gasteiger partial charge < -0.3 is 5.32 Å². The predicted molar refractivity (Wildman–Crippen MR) is 83.0 cm³/mol. The number of rotatable bonds is 4. The lowest BCUT2D eigenvalue weighted by molar-refractivity contribution is 0.503. The van der Waals surface area contributed by atoms with Crippen molar-refractivity contribution >= 4 is 22.4 Å². The fourth-order valence-electron chi connectivity index (χ4n) is 1.41. The van der Waals surface area contributed by atoms with Gasteiger partial charge in [0.2, 0.25) is 5.96 Å². The van der Waals surface area contributed by atoms with Crippen LogP contribution in [0.15, 0.2) is 34.2 Å². The Balaban J connectivity index is 3.00. The molecule has 108 valence electrons. The lowest BCUT2D eigenvalue weighted by atomic mass is 10.0. The van der Waals surface area contributed by atoms with Crippen LogP contribution in [0.3, 0.4) is 0 Å². The van der Waals surface area contributed by atoms with Gasteiger partial charge in [0, 0.05) is 27.6 Å². The van der Waals surface area contributed by atoms with Crippen LogP contribution in [0.4, 0.5) is 5.69 Å². The van der Waals surface area contributed by atoms with Gasteiger partial charge >= 0.3 is 0 Å². The zero-order valence-corrected chi connectivity index (χ0v) is 13.0. The Hall–Kier alpha value is -1.87. The average molecular weight is 292 g/mol. The van der Waals surface area contributed by atoms with Crippen LogP contribution in [0.5, 0.6) is 0 Å². The SMILES string of the molecule is CCC(C)(C)N=C(NC#N)Nc1cccc(S(C)=O)c1. The first-order chi connectivity index (χ1) is 9.38. The van der Waals surface area contributed by atoms with Crippen molar-refractivity contribution in [2.24, 2.45) is 4.99 Å². The maximum atomic E-state index is 11.5. The molecule has 1 aromatic rings. The first-order valence-electron chi connectivity index (χ1n) is 6.33. The van der Waals surface area contributed by atoms with E-state index in [9.17, 15) is 4.21 Å². The molecule has 1 unspecified atom stereocenters.